The molecule has 0 aromatic heterocycles. The van der Waals surface area contributed by atoms with Crippen LogP contribution in [0.1, 0.15) is 31.7 Å². The van der Waals surface area contributed by atoms with Crippen LogP contribution >= 0.6 is 11.8 Å². The molecule has 142 valence electrons. The van der Waals surface area contributed by atoms with E-state index in [0.717, 1.165) is 24.6 Å². The van der Waals surface area contributed by atoms with Gasteiger partial charge in [-0.15, -0.1) is 11.8 Å². The van der Waals surface area contributed by atoms with E-state index in [4.69, 9.17) is 9.84 Å². The highest BCUT2D eigenvalue weighted by Crippen LogP contribution is 2.36. The van der Waals surface area contributed by atoms with E-state index in [1.165, 1.54) is 29.2 Å². The molecular weight excluding hydrogens is 357 g/mol. The van der Waals surface area contributed by atoms with Crippen LogP contribution in [-0.2, 0) is 14.3 Å². The van der Waals surface area contributed by atoms with Gasteiger partial charge in [-0.25, -0.2) is 4.39 Å². The van der Waals surface area contributed by atoms with Crippen molar-refractivity contribution >= 4 is 29.1 Å². The molecule has 1 aliphatic heterocycles. The molecule has 1 heterocycles. The van der Waals surface area contributed by atoms with Gasteiger partial charge in [-0.2, -0.15) is 0 Å². The zero-order chi connectivity index (χ0) is 18.9. The summed E-state index contributed by atoms with van der Waals surface area (Å²) in [5, 5.41) is 9.06. The lowest BCUT2D eigenvalue weighted by Gasteiger charge is -2.15. The van der Waals surface area contributed by atoms with Gasteiger partial charge in [0.25, 0.3) is 11.8 Å². The minimum atomic E-state index is -0.406. The summed E-state index contributed by atoms with van der Waals surface area (Å²) in [7, 11) is 0. The van der Waals surface area contributed by atoms with Gasteiger partial charge in [0.1, 0.15) is 5.82 Å². The zero-order valence-corrected chi connectivity index (χ0v) is 15.7. The van der Waals surface area contributed by atoms with E-state index in [2.05, 4.69) is 6.92 Å². The first-order valence-electron chi connectivity index (χ1n) is 8.78. The molecule has 0 saturated carbocycles. The van der Waals surface area contributed by atoms with E-state index in [1.807, 2.05) is 0 Å². The number of benzene rings is 1. The average molecular weight is 381 g/mol. The van der Waals surface area contributed by atoms with Crippen LogP contribution < -0.4 is 0 Å². The Morgan fingerprint density at radius 2 is 1.81 bits per heavy atom. The van der Waals surface area contributed by atoms with Crippen molar-refractivity contribution in [1.29, 1.82) is 0 Å². The van der Waals surface area contributed by atoms with Crippen molar-refractivity contribution in [3.63, 3.8) is 0 Å². The lowest BCUT2D eigenvalue weighted by atomic mass is 10.1. The summed E-state index contributed by atoms with van der Waals surface area (Å²) in [5.74, 6) is -0.832. The lowest BCUT2D eigenvalue weighted by molar-refractivity contribution is -0.136. The van der Waals surface area contributed by atoms with E-state index in [-0.39, 0.29) is 30.5 Å². The van der Waals surface area contributed by atoms with E-state index in [1.54, 1.807) is 0 Å². The number of carbonyl (C=O) groups excluding carboxylic acids is 2. The Labute approximate surface area is 157 Å². The standard InChI is InChI=1S/C19H24FNO4S/c1-2-3-11-25-12-4-9-21-18(23)16(14-5-7-15(20)8-6-14)17(19(21)24)26-13-10-22/h5-8,22H,2-4,9-13H2,1H3. The number of hydrogen-bond acceptors (Lipinski definition) is 5. The largest absolute Gasteiger partial charge is 0.396 e. The summed E-state index contributed by atoms with van der Waals surface area (Å²) in [6.45, 7) is 3.42. The molecular formula is C19H24FNO4S. The van der Waals surface area contributed by atoms with Crippen LogP contribution in [0.5, 0.6) is 0 Å². The van der Waals surface area contributed by atoms with Crippen molar-refractivity contribution < 1.29 is 23.8 Å². The first kappa shape index (κ1) is 20.6. The predicted molar refractivity (Wildman–Crippen MR) is 99.9 cm³/mol. The van der Waals surface area contributed by atoms with Gasteiger partial charge in [0.2, 0.25) is 0 Å². The van der Waals surface area contributed by atoms with Crippen molar-refractivity contribution in [1.82, 2.24) is 4.90 Å². The number of halogens is 1. The summed E-state index contributed by atoms with van der Waals surface area (Å²) in [6.07, 6.45) is 2.61. The van der Waals surface area contributed by atoms with Gasteiger partial charge >= 0.3 is 0 Å². The Kier molecular flexibility index (Phi) is 8.28. The summed E-state index contributed by atoms with van der Waals surface area (Å²) in [4.78, 5) is 27.0. The normalized spacial score (nSPS) is 14.7. The van der Waals surface area contributed by atoms with Crippen molar-refractivity contribution in [2.45, 2.75) is 26.2 Å². The van der Waals surface area contributed by atoms with Gasteiger partial charge in [0, 0.05) is 25.5 Å². The molecule has 1 aromatic carbocycles. The number of thioether (sulfide) groups is 1. The molecule has 7 heteroatoms. The molecule has 0 fully saturated rings. The number of nitrogens with zero attached hydrogens (tertiary/aromatic N) is 1. The number of hydrogen-bond donors (Lipinski definition) is 1. The first-order valence-corrected chi connectivity index (χ1v) is 9.76. The number of rotatable bonds is 11. The third kappa shape index (κ3) is 5.16. The van der Waals surface area contributed by atoms with Crippen LogP contribution in [0.15, 0.2) is 29.2 Å². The summed E-state index contributed by atoms with van der Waals surface area (Å²) < 4.78 is 18.7. The van der Waals surface area contributed by atoms with E-state index in [9.17, 15) is 14.0 Å². The molecule has 2 amide bonds. The zero-order valence-electron chi connectivity index (χ0n) is 14.9. The van der Waals surface area contributed by atoms with Crippen molar-refractivity contribution in [3.05, 3.63) is 40.6 Å². The van der Waals surface area contributed by atoms with Crippen molar-refractivity contribution in [3.8, 4) is 0 Å². The molecule has 2 rings (SSSR count). The second-order valence-corrected chi connectivity index (χ2v) is 6.97. The number of aliphatic hydroxyl groups is 1. The topological polar surface area (TPSA) is 66.8 Å². The van der Waals surface area contributed by atoms with Gasteiger partial charge in [-0.3, -0.25) is 14.5 Å². The Balaban J connectivity index is 2.09. The third-order valence-corrected chi connectivity index (χ3v) is 4.96. The SMILES string of the molecule is CCCCOCCCN1C(=O)C(SCCO)=C(c2ccc(F)cc2)C1=O. The van der Waals surface area contributed by atoms with Crippen molar-refractivity contribution in [2.24, 2.45) is 0 Å². The molecule has 0 radical (unpaired) electrons. The second-order valence-electron chi connectivity index (χ2n) is 5.86. The van der Waals surface area contributed by atoms with Gasteiger partial charge in [0.15, 0.2) is 0 Å². The molecule has 0 unspecified atom stereocenters. The Morgan fingerprint density at radius 3 is 2.46 bits per heavy atom. The fourth-order valence-corrected chi connectivity index (χ4v) is 3.46. The number of ether oxygens (including phenoxy) is 1. The minimum absolute atomic E-state index is 0.0996. The summed E-state index contributed by atoms with van der Waals surface area (Å²) in [5.41, 5.74) is 0.784. The van der Waals surface area contributed by atoms with Gasteiger partial charge in [-0.05, 0) is 30.5 Å². The fraction of sp³-hybridized carbons (Fsp3) is 0.474. The molecule has 0 bridgehead atoms. The molecule has 0 spiro atoms. The van der Waals surface area contributed by atoms with E-state index in [0.29, 0.717) is 35.9 Å². The molecule has 5 nitrogen and oxygen atoms in total. The maximum absolute atomic E-state index is 13.2. The number of unbranched alkanes of at least 4 members (excludes halogenated alkanes) is 1. The number of imide groups is 1. The lowest BCUT2D eigenvalue weighted by Crippen LogP contribution is -2.33. The third-order valence-electron chi connectivity index (χ3n) is 3.91. The van der Waals surface area contributed by atoms with Crippen molar-refractivity contribution in [2.75, 3.05) is 32.1 Å². The van der Waals surface area contributed by atoms with Crippen LogP contribution in [0.2, 0.25) is 0 Å². The number of carbonyl (C=O) groups is 2. The minimum Gasteiger partial charge on any atom is -0.396 e. The molecule has 0 atom stereocenters. The van der Waals surface area contributed by atoms with Crippen LogP contribution in [0.4, 0.5) is 4.39 Å². The van der Waals surface area contributed by atoms with Gasteiger partial charge in [-0.1, -0.05) is 25.5 Å². The molecule has 0 saturated heterocycles. The Hall–Kier alpha value is -1.70. The molecule has 1 aliphatic rings. The summed E-state index contributed by atoms with van der Waals surface area (Å²) in [6, 6.07) is 5.51. The number of amides is 2. The molecule has 1 N–H and O–H groups in total. The van der Waals surface area contributed by atoms with Crippen LogP contribution in [0.25, 0.3) is 5.57 Å². The monoisotopic (exact) mass is 381 g/mol. The van der Waals surface area contributed by atoms with Crippen LogP contribution in [0.3, 0.4) is 0 Å². The highest BCUT2D eigenvalue weighted by molar-refractivity contribution is 8.04. The predicted octanol–water partition coefficient (Wildman–Crippen LogP) is 2.84. The highest BCUT2D eigenvalue weighted by atomic mass is 32.2. The second kappa shape index (κ2) is 10.4. The summed E-state index contributed by atoms with van der Waals surface area (Å²) >= 11 is 1.15. The van der Waals surface area contributed by atoms with E-state index < -0.39 is 5.82 Å². The maximum atomic E-state index is 13.2. The smallest absolute Gasteiger partial charge is 0.267 e. The highest BCUT2D eigenvalue weighted by Gasteiger charge is 2.38. The quantitative estimate of drug-likeness (QED) is 0.472. The van der Waals surface area contributed by atoms with Gasteiger partial charge < -0.3 is 9.84 Å². The Morgan fingerprint density at radius 1 is 1.12 bits per heavy atom. The van der Waals surface area contributed by atoms with E-state index >= 15 is 0 Å². The van der Waals surface area contributed by atoms with Gasteiger partial charge in [0.05, 0.1) is 17.1 Å². The number of aliphatic hydroxyl groups excluding tert-OH is 1. The average Bonchev–Trinajstić information content (AvgIpc) is 2.87. The van der Waals surface area contributed by atoms with Crippen LogP contribution in [-0.4, -0.2) is 53.9 Å². The molecule has 0 aliphatic carbocycles. The fourth-order valence-electron chi connectivity index (χ4n) is 2.58. The molecule has 1 aromatic rings. The van der Waals surface area contributed by atoms with Crippen LogP contribution in [0, 0.1) is 5.82 Å². The maximum Gasteiger partial charge on any atom is 0.267 e. The Bertz CT molecular complexity index is 660. The first-order chi connectivity index (χ1) is 12.6. The molecule has 26 heavy (non-hydrogen) atoms.